The molecule has 236 valence electrons. The number of carbonyl (C=O) groups is 1. The van der Waals surface area contributed by atoms with E-state index >= 15 is 8.78 Å². The van der Waals surface area contributed by atoms with E-state index in [0.717, 1.165) is 6.26 Å². The van der Waals surface area contributed by atoms with Crippen LogP contribution in [0.4, 0.5) is 35.1 Å². The van der Waals surface area contributed by atoms with Crippen LogP contribution in [-0.2, 0) is 22.7 Å². The molecule has 2 aromatic rings. The van der Waals surface area contributed by atoms with Crippen LogP contribution in [0.3, 0.4) is 0 Å². The number of nitrogens with zero attached hydrogens (tertiary/aromatic N) is 2. The van der Waals surface area contributed by atoms with Gasteiger partial charge < -0.3 is 15.5 Å². The van der Waals surface area contributed by atoms with Gasteiger partial charge in [0.05, 0.1) is 10.9 Å². The van der Waals surface area contributed by atoms with Crippen molar-refractivity contribution < 1.29 is 58.5 Å². The van der Waals surface area contributed by atoms with Crippen LogP contribution < -0.4 is 5.32 Å². The van der Waals surface area contributed by atoms with Crippen molar-refractivity contribution in [3.05, 3.63) is 46.0 Å². The first-order valence-corrected chi connectivity index (χ1v) is 14.7. The summed E-state index contributed by atoms with van der Waals surface area (Å²) in [6.45, 7) is 1.11. The number of hydrogen-bond acceptors (Lipinski definition) is 6. The highest BCUT2D eigenvalue weighted by atomic mass is 35.5. The molecule has 0 bridgehead atoms. The van der Waals surface area contributed by atoms with Gasteiger partial charge in [0.15, 0.2) is 17.3 Å². The number of sulfone groups is 1. The molecule has 0 radical (unpaired) electrons. The molecule has 8 nitrogen and oxygen atoms in total. The summed E-state index contributed by atoms with van der Waals surface area (Å²) in [5, 5.41) is 21.2. The number of carbonyl (C=O) groups excluding carboxylic acids is 1. The Kier molecular flexibility index (Phi) is 9.34. The minimum absolute atomic E-state index is 0.0496. The Hall–Kier alpha value is -2.50. The molecule has 1 heterocycles. The van der Waals surface area contributed by atoms with E-state index in [0.29, 0.717) is 4.57 Å². The van der Waals surface area contributed by atoms with Crippen LogP contribution in [0.1, 0.15) is 54.5 Å². The molecular formula is C24H26ClF8N3O5S. The van der Waals surface area contributed by atoms with Crippen LogP contribution in [0, 0.1) is 11.6 Å². The van der Waals surface area contributed by atoms with E-state index in [-0.39, 0.29) is 56.6 Å². The number of hydrogen-bond donors (Lipinski definition) is 3. The number of aromatic nitrogens is 2. The zero-order chi connectivity index (χ0) is 32.1. The first kappa shape index (κ1) is 34.0. The predicted molar refractivity (Wildman–Crippen MR) is 133 cm³/mol. The topological polar surface area (TPSA) is 122 Å². The summed E-state index contributed by atoms with van der Waals surface area (Å²) in [7, 11) is -3.32. The van der Waals surface area contributed by atoms with E-state index in [1.165, 1.54) is 6.92 Å². The van der Waals surface area contributed by atoms with Crippen molar-refractivity contribution in [2.45, 2.75) is 74.3 Å². The Morgan fingerprint density at radius 3 is 2.05 bits per heavy atom. The summed E-state index contributed by atoms with van der Waals surface area (Å²) >= 11 is 6.21. The maximum absolute atomic E-state index is 15.1. The van der Waals surface area contributed by atoms with Crippen molar-refractivity contribution in [3.8, 4) is 5.69 Å². The molecule has 3 rings (SSSR count). The summed E-state index contributed by atoms with van der Waals surface area (Å²) in [6, 6.07) is 0.331. The second kappa shape index (κ2) is 11.5. The third kappa shape index (κ3) is 6.68. The fraction of sp³-hybridized carbons (Fsp3) is 0.583. The second-order valence-corrected chi connectivity index (χ2v) is 12.9. The van der Waals surface area contributed by atoms with Gasteiger partial charge in [-0.25, -0.2) is 22.2 Å². The molecule has 0 spiro atoms. The minimum Gasteiger partial charge on any atom is -0.388 e. The van der Waals surface area contributed by atoms with Gasteiger partial charge in [0.2, 0.25) is 0 Å². The van der Waals surface area contributed by atoms with Crippen molar-refractivity contribution in [3.63, 3.8) is 0 Å². The number of rotatable bonds is 8. The first-order valence-electron chi connectivity index (χ1n) is 12.4. The van der Waals surface area contributed by atoms with Gasteiger partial charge in [0, 0.05) is 25.6 Å². The second-order valence-electron chi connectivity index (χ2n) is 10.2. The number of benzene rings is 1. The number of aliphatic hydroxyl groups is 2. The van der Waals surface area contributed by atoms with Gasteiger partial charge >= 0.3 is 12.4 Å². The molecule has 1 aromatic carbocycles. The minimum atomic E-state index is -6.22. The lowest BCUT2D eigenvalue weighted by Gasteiger charge is -2.35. The highest BCUT2D eigenvalue weighted by Crippen LogP contribution is 2.45. The van der Waals surface area contributed by atoms with Gasteiger partial charge in [0.25, 0.3) is 11.5 Å². The molecule has 3 N–H and O–H groups in total. The normalized spacial score (nSPS) is 20.5. The Bertz CT molecular complexity index is 1410. The molecule has 42 heavy (non-hydrogen) atoms. The predicted octanol–water partition coefficient (Wildman–Crippen LogP) is 4.21. The van der Waals surface area contributed by atoms with Gasteiger partial charge in [0.1, 0.15) is 26.5 Å². The van der Waals surface area contributed by atoms with Crippen LogP contribution in [0.15, 0.2) is 12.1 Å². The maximum atomic E-state index is 15.1. The van der Waals surface area contributed by atoms with Gasteiger partial charge in [-0.15, -0.1) is 0 Å². The fourth-order valence-electron chi connectivity index (χ4n) is 4.71. The molecule has 0 saturated heterocycles. The van der Waals surface area contributed by atoms with Gasteiger partial charge in [-0.1, -0.05) is 18.5 Å². The zero-order valence-electron chi connectivity index (χ0n) is 22.0. The van der Waals surface area contributed by atoms with E-state index in [1.807, 2.05) is 0 Å². The molecule has 1 fully saturated rings. The number of aryl methyl sites for hydroxylation is 1. The van der Waals surface area contributed by atoms with Crippen LogP contribution >= 0.6 is 11.6 Å². The number of nitrogens with one attached hydrogen (secondary N) is 1. The summed E-state index contributed by atoms with van der Waals surface area (Å²) < 4.78 is 133. The molecule has 0 unspecified atom stereocenters. The van der Waals surface area contributed by atoms with E-state index in [1.54, 1.807) is 0 Å². The highest BCUT2D eigenvalue weighted by Gasteiger charge is 2.70. The summed E-state index contributed by atoms with van der Waals surface area (Å²) in [5.74, 6) is -4.50. The fourth-order valence-corrected chi connectivity index (χ4v) is 6.11. The molecule has 1 aliphatic rings. The summed E-state index contributed by atoms with van der Waals surface area (Å²) in [4.78, 5) is 16.8. The summed E-state index contributed by atoms with van der Waals surface area (Å²) in [5.41, 5.74) is -9.51. The van der Waals surface area contributed by atoms with Gasteiger partial charge in [-0.3, -0.25) is 9.36 Å². The monoisotopic (exact) mass is 655 g/mol. The molecule has 18 heteroatoms. The Morgan fingerprint density at radius 2 is 1.62 bits per heavy atom. The Labute approximate surface area is 239 Å². The third-order valence-electron chi connectivity index (χ3n) is 7.17. The number of amides is 1. The molecular weight excluding hydrogens is 630 g/mol. The van der Waals surface area contributed by atoms with E-state index < -0.39 is 84.7 Å². The summed E-state index contributed by atoms with van der Waals surface area (Å²) in [6.07, 6.45) is -13.3. The lowest BCUT2D eigenvalue weighted by molar-refractivity contribution is -0.367. The molecule has 0 atom stereocenters. The third-order valence-corrected chi connectivity index (χ3v) is 9.20. The van der Waals surface area contributed by atoms with Gasteiger partial charge in [-0.2, -0.15) is 26.3 Å². The van der Waals surface area contributed by atoms with Crippen molar-refractivity contribution in [2.24, 2.45) is 0 Å². The molecule has 1 aliphatic carbocycles. The largest absolute Gasteiger partial charge is 0.426 e. The van der Waals surface area contributed by atoms with E-state index in [4.69, 9.17) is 11.6 Å². The molecule has 1 aromatic heterocycles. The first-order chi connectivity index (χ1) is 19.0. The van der Waals surface area contributed by atoms with E-state index in [2.05, 4.69) is 10.3 Å². The Morgan fingerprint density at radius 1 is 1.12 bits per heavy atom. The van der Waals surface area contributed by atoms with Crippen molar-refractivity contribution in [2.75, 3.05) is 12.8 Å². The van der Waals surface area contributed by atoms with Crippen LogP contribution in [0.25, 0.3) is 5.69 Å². The number of halogens is 9. The average Bonchev–Trinajstić information content (AvgIpc) is 3.16. The van der Waals surface area contributed by atoms with Crippen molar-refractivity contribution in [1.82, 2.24) is 14.9 Å². The lowest BCUT2D eigenvalue weighted by Crippen LogP contribution is -2.58. The maximum Gasteiger partial charge on any atom is 0.426 e. The van der Waals surface area contributed by atoms with Crippen LogP contribution in [0.5, 0.6) is 0 Å². The van der Waals surface area contributed by atoms with Crippen molar-refractivity contribution in [1.29, 1.82) is 0 Å². The van der Waals surface area contributed by atoms with Crippen molar-refractivity contribution >= 4 is 27.3 Å². The SMILES string of the molecule is CCc1nc(C(=O)NC[C@]2(O)CC[C@@H](S(C)(=O)=O)CC2)c(Cl)n1-c1c(F)cc(CC(O)(C(F)(F)F)C(F)(F)F)cc1F. The van der Waals surface area contributed by atoms with Crippen LogP contribution in [0.2, 0.25) is 5.15 Å². The number of imidazole rings is 1. The quantitative estimate of drug-likeness (QED) is 0.367. The highest BCUT2D eigenvalue weighted by molar-refractivity contribution is 7.91. The Balaban J connectivity index is 1.89. The number of alkyl halides is 6. The average molecular weight is 656 g/mol. The molecule has 0 aliphatic heterocycles. The van der Waals surface area contributed by atoms with Gasteiger partial charge in [-0.05, 0) is 43.4 Å². The van der Waals surface area contributed by atoms with E-state index in [9.17, 15) is 49.8 Å². The standard InChI is InChI=1S/C24H26ClF8N3O5S/c1-3-16-35-17(20(37)34-11-21(38)6-4-13(5-7-21)42(2,40)41)19(25)36(16)18-14(26)8-12(9-15(18)27)10-22(39,23(28,29)30)24(31,32)33/h8-9,13,38-39H,3-7,10-11H2,1-2H3,(H,34,37)/t13-,21+. The van der Waals surface area contributed by atoms with Crippen LogP contribution in [-0.4, -0.2) is 75.7 Å². The smallest absolute Gasteiger partial charge is 0.388 e. The molecule has 1 saturated carbocycles. The zero-order valence-corrected chi connectivity index (χ0v) is 23.6. The lowest BCUT2D eigenvalue weighted by atomic mass is 9.84. The molecule has 1 amide bonds.